The van der Waals surface area contributed by atoms with Crippen molar-refractivity contribution >= 4 is 22.9 Å². The number of aryl methyl sites for hydroxylation is 1. The molecule has 0 unspecified atom stereocenters. The van der Waals surface area contributed by atoms with Crippen molar-refractivity contribution in [3.63, 3.8) is 0 Å². The molecular weight excluding hydrogens is 356 g/mol. The number of nitrogens with zero attached hydrogens (tertiary/aromatic N) is 3. The second-order valence-electron chi connectivity index (χ2n) is 6.96. The van der Waals surface area contributed by atoms with Crippen molar-refractivity contribution in [2.24, 2.45) is 0 Å². The number of hydrogen-bond acceptors (Lipinski definition) is 5. The van der Waals surface area contributed by atoms with Gasteiger partial charge >= 0.3 is 0 Å². The molecule has 0 spiro atoms. The van der Waals surface area contributed by atoms with Crippen molar-refractivity contribution < 1.29 is 14.1 Å². The van der Waals surface area contributed by atoms with Crippen LogP contribution in [0.2, 0.25) is 0 Å². The highest BCUT2D eigenvalue weighted by atomic mass is 16.5. The minimum absolute atomic E-state index is 0.0869. The van der Waals surface area contributed by atoms with Crippen LogP contribution in [0.25, 0.3) is 22.4 Å². The molecule has 7 nitrogen and oxygen atoms in total. The second-order valence-corrected chi connectivity index (χ2v) is 6.96. The number of nitrogens with one attached hydrogen (secondary N) is 1. The Hall–Kier alpha value is -3.22. The number of aromatic nitrogens is 2. The van der Waals surface area contributed by atoms with Gasteiger partial charge in [0.1, 0.15) is 0 Å². The molecule has 1 aliphatic rings. The Morgan fingerprint density at radius 3 is 2.68 bits per heavy atom. The molecule has 0 aliphatic carbocycles. The summed E-state index contributed by atoms with van der Waals surface area (Å²) in [7, 11) is 0. The summed E-state index contributed by atoms with van der Waals surface area (Å²) in [5.74, 6) is -0.172. The lowest BCUT2D eigenvalue weighted by Gasteiger charge is -2.15. The Labute approximate surface area is 162 Å². The molecule has 0 bridgehead atoms. The number of benzene rings is 1. The van der Waals surface area contributed by atoms with E-state index in [1.54, 1.807) is 13.0 Å². The van der Waals surface area contributed by atoms with Crippen LogP contribution in [0.1, 0.15) is 35.3 Å². The first-order chi connectivity index (χ1) is 13.6. The Kier molecular flexibility index (Phi) is 5.06. The number of pyridine rings is 1. The smallest absolute Gasteiger partial charge is 0.259 e. The van der Waals surface area contributed by atoms with Crippen LogP contribution in [0.5, 0.6) is 0 Å². The quantitative estimate of drug-likeness (QED) is 0.737. The first kappa shape index (κ1) is 18.2. The van der Waals surface area contributed by atoms with Crippen molar-refractivity contribution in [2.75, 3.05) is 19.6 Å². The Morgan fingerprint density at radius 1 is 1.18 bits per heavy atom. The first-order valence-electron chi connectivity index (χ1n) is 9.52. The van der Waals surface area contributed by atoms with Gasteiger partial charge in [-0.15, -0.1) is 0 Å². The third-order valence-corrected chi connectivity index (χ3v) is 5.01. The van der Waals surface area contributed by atoms with E-state index < -0.39 is 0 Å². The van der Waals surface area contributed by atoms with Crippen LogP contribution in [0.15, 0.2) is 40.9 Å². The number of carbonyl (C=O) groups is 2. The fraction of sp³-hybridized carbons (Fsp3) is 0.333. The van der Waals surface area contributed by atoms with Gasteiger partial charge in [-0.3, -0.25) is 9.59 Å². The van der Waals surface area contributed by atoms with Gasteiger partial charge in [0.25, 0.3) is 11.6 Å². The second kappa shape index (κ2) is 7.80. The Balaban J connectivity index is 1.55. The third kappa shape index (κ3) is 3.60. The highest BCUT2D eigenvalue weighted by molar-refractivity contribution is 6.07. The van der Waals surface area contributed by atoms with Crippen molar-refractivity contribution in [3.8, 4) is 11.3 Å². The largest absolute Gasteiger partial charge is 0.351 e. The monoisotopic (exact) mass is 378 g/mol. The molecular formula is C21H22N4O3. The van der Waals surface area contributed by atoms with E-state index in [2.05, 4.69) is 15.5 Å². The van der Waals surface area contributed by atoms with E-state index in [0.717, 1.165) is 31.5 Å². The standard InChI is InChI=1S/C21H22N4O3/c1-14-19-16(20(27)22-10-9-18(26)25-11-5-6-12-25)13-17(23-21(19)28-24-14)15-7-3-2-4-8-15/h2-4,7-8,13H,5-6,9-12H2,1H3,(H,22,27). The van der Waals surface area contributed by atoms with Crippen LogP contribution in [0.3, 0.4) is 0 Å². The lowest BCUT2D eigenvalue weighted by molar-refractivity contribution is -0.129. The lowest BCUT2D eigenvalue weighted by Crippen LogP contribution is -2.32. The SMILES string of the molecule is Cc1noc2nc(-c3ccccc3)cc(C(=O)NCCC(=O)N3CCCC3)c12. The van der Waals surface area contributed by atoms with Gasteiger partial charge in [-0.1, -0.05) is 35.5 Å². The Bertz CT molecular complexity index is 1010. The van der Waals surface area contributed by atoms with Gasteiger partial charge in [0.2, 0.25) is 5.91 Å². The fourth-order valence-corrected chi connectivity index (χ4v) is 3.53. The van der Waals surface area contributed by atoms with Crippen LogP contribution in [-0.4, -0.2) is 46.5 Å². The van der Waals surface area contributed by atoms with E-state index in [9.17, 15) is 9.59 Å². The minimum atomic E-state index is -0.259. The molecule has 3 heterocycles. The normalized spacial score (nSPS) is 13.8. The average Bonchev–Trinajstić information content (AvgIpc) is 3.38. The zero-order chi connectivity index (χ0) is 19.5. The maximum absolute atomic E-state index is 12.9. The number of amides is 2. The van der Waals surface area contributed by atoms with Gasteiger partial charge in [-0.25, -0.2) is 4.98 Å². The molecule has 0 saturated carbocycles. The summed E-state index contributed by atoms with van der Waals surface area (Å²) in [4.78, 5) is 31.4. The number of rotatable bonds is 5. The maximum atomic E-state index is 12.9. The van der Waals surface area contributed by atoms with Crippen LogP contribution < -0.4 is 5.32 Å². The highest BCUT2D eigenvalue weighted by Crippen LogP contribution is 2.26. The summed E-state index contributed by atoms with van der Waals surface area (Å²) in [6, 6.07) is 11.3. The molecule has 1 aliphatic heterocycles. The van der Waals surface area contributed by atoms with Gasteiger partial charge in [0.15, 0.2) is 0 Å². The minimum Gasteiger partial charge on any atom is -0.351 e. The lowest BCUT2D eigenvalue weighted by atomic mass is 10.1. The van der Waals surface area contributed by atoms with E-state index in [0.29, 0.717) is 41.0 Å². The van der Waals surface area contributed by atoms with Gasteiger partial charge in [0, 0.05) is 31.6 Å². The molecule has 7 heteroatoms. The summed E-state index contributed by atoms with van der Waals surface area (Å²) in [6.45, 7) is 3.71. The topological polar surface area (TPSA) is 88.3 Å². The van der Waals surface area contributed by atoms with Gasteiger partial charge in [-0.05, 0) is 25.8 Å². The predicted octanol–water partition coefficient (Wildman–Crippen LogP) is 2.94. The molecule has 144 valence electrons. The molecule has 2 aromatic heterocycles. The highest BCUT2D eigenvalue weighted by Gasteiger charge is 2.21. The van der Waals surface area contributed by atoms with Crippen molar-refractivity contribution in [1.82, 2.24) is 20.4 Å². The first-order valence-corrected chi connectivity index (χ1v) is 9.52. The number of likely N-dealkylation sites (tertiary alicyclic amines) is 1. The Morgan fingerprint density at radius 2 is 1.93 bits per heavy atom. The van der Waals surface area contributed by atoms with Crippen molar-refractivity contribution in [1.29, 1.82) is 0 Å². The molecule has 2 amide bonds. The zero-order valence-electron chi connectivity index (χ0n) is 15.8. The molecule has 3 aromatic rings. The molecule has 4 rings (SSSR count). The predicted molar refractivity (Wildman–Crippen MR) is 105 cm³/mol. The molecule has 0 radical (unpaired) electrons. The summed E-state index contributed by atoms with van der Waals surface area (Å²) < 4.78 is 5.31. The van der Waals surface area contributed by atoms with Gasteiger partial charge < -0.3 is 14.7 Å². The number of carbonyl (C=O) groups excluding carboxylic acids is 2. The zero-order valence-corrected chi connectivity index (χ0v) is 15.8. The average molecular weight is 378 g/mol. The number of hydrogen-bond donors (Lipinski definition) is 1. The molecule has 1 N–H and O–H groups in total. The van der Waals surface area contributed by atoms with Crippen molar-refractivity contribution in [3.05, 3.63) is 47.7 Å². The molecule has 1 saturated heterocycles. The van der Waals surface area contributed by atoms with E-state index in [1.807, 2.05) is 35.2 Å². The van der Waals surface area contributed by atoms with E-state index in [4.69, 9.17) is 4.52 Å². The molecule has 28 heavy (non-hydrogen) atoms. The van der Waals surface area contributed by atoms with Crippen LogP contribution >= 0.6 is 0 Å². The number of fused-ring (bicyclic) bond motifs is 1. The molecule has 0 atom stereocenters. The van der Waals surface area contributed by atoms with Gasteiger partial charge in [-0.2, -0.15) is 0 Å². The third-order valence-electron chi connectivity index (χ3n) is 5.01. The summed E-state index contributed by atoms with van der Waals surface area (Å²) >= 11 is 0. The molecule has 1 fully saturated rings. The van der Waals surface area contributed by atoms with E-state index >= 15 is 0 Å². The summed E-state index contributed by atoms with van der Waals surface area (Å²) in [6.07, 6.45) is 2.42. The maximum Gasteiger partial charge on any atom is 0.259 e. The summed E-state index contributed by atoms with van der Waals surface area (Å²) in [5, 5.41) is 7.41. The van der Waals surface area contributed by atoms with Crippen molar-refractivity contribution in [2.45, 2.75) is 26.2 Å². The fourth-order valence-electron chi connectivity index (χ4n) is 3.53. The van der Waals surface area contributed by atoms with Crippen LogP contribution in [0, 0.1) is 6.92 Å². The van der Waals surface area contributed by atoms with Gasteiger partial charge in [0.05, 0.1) is 22.3 Å². The van der Waals surface area contributed by atoms with E-state index in [1.165, 1.54) is 0 Å². The van der Waals surface area contributed by atoms with E-state index in [-0.39, 0.29) is 11.8 Å². The molecule has 1 aromatic carbocycles. The van der Waals surface area contributed by atoms with Crippen LogP contribution in [-0.2, 0) is 4.79 Å². The summed E-state index contributed by atoms with van der Waals surface area (Å²) in [5.41, 5.74) is 2.92. The van der Waals surface area contributed by atoms with Crippen LogP contribution in [0.4, 0.5) is 0 Å².